The minimum Gasteiger partial charge on any atom is -0.371 e. The molecular weight excluding hydrogens is 300 g/mol. The molecule has 1 fully saturated rings. The molecule has 1 aliphatic rings. The first-order valence-electron chi connectivity index (χ1n) is 7.24. The maximum Gasteiger partial charge on any atom is 0.253 e. The summed E-state index contributed by atoms with van der Waals surface area (Å²) in [4.78, 5) is 16.5. The molecule has 1 aromatic heterocycles. The first-order valence-corrected chi connectivity index (χ1v) is 7.62. The molecule has 1 aromatic carbocycles. The van der Waals surface area contributed by atoms with Gasteiger partial charge in [-0.2, -0.15) is 0 Å². The van der Waals surface area contributed by atoms with Crippen molar-refractivity contribution in [1.29, 1.82) is 0 Å². The largest absolute Gasteiger partial charge is 0.371 e. The van der Waals surface area contributed by atoms with Gasteiger partial charge in [0.1, 0.15) is 6.10 Å². The van der Waals surface area contributed by atoms with Crippen LogP contribution in [0.25, 0.3) is 0 Å². The van der Waals surface area contributed by atoms with Crippen molar-refractivity contribution in [2.75, 3.05) is 6.61 Å². The van der Waals surface area contributed by atoms with Crippen LogP contribution in [0.3, 0.4) is 0 Å². The lowest BCUT2D eigenvalue weighted by molar-refractivity contribution is 0.0821. The lowest BCUT2D eigenvalue weighted by atomic mass is 10.0. The highest BCUT2D eigenvalue weighted by Gasteiger charge is 2.31. The molecule has 2 heterocycles. The zero-order valence-corrected chi connectivity index (χ0v) is 13.0. The fraction of sp³-hybridized carbons (Fsp3) is 0.294. The first-order chi connectivity index (χ1) is 10.6. The summed E-state index contributed by atoms with van der Waals surface area (Å²) in [6.07, 6.45) is 2.25. The number of nitrogens with one attached hydrogen (secondary N) is 1. The van der Waals surface area contributed by atoms with Gasteiger partial charge in [-0.05, 0) is 43.2 Å². The fourth-order valence-corrected chi connectivity index (χ4v) is 2.70. The molecule has 2 aromatic rings. The molecule has 4 nitrogen and oxygen atoms in total. The third kappa shape index (κ3) is 3.29. The Hall–Kier alpha value is -1.91. The van der Waals surface area contributed by atoms with Crippen LogP contribution in [0.5, 0.6) is 0 Å². The smallest absolute Gasteiger partial charge is 0.253 e. The van der Waals surface area contributed by atoms with E-state index in [0.29, 0.717) is 17.2 Å². The average molecular weight is 317 g/mol. The molecule has 22 heavy (non-hydrogen) atoms. The summed E-state index contributed by atoms with van der Waals surface area (Å²) in [5, 5.41) is 3.73. The molecular formula is C17H17ClN2O2. The molecule has 0 radical (unpaired) electrons. The third-order valence-electron chi connectivity index (χ3n) is 3.78. The van der Waals surface area contributed by atoms with Crippen molar-refractivity contribution in [2.45, 2.75) is 25.5 Å². The summed E-state index contributed by atoms with van der Waals surface area (Å²) in [6, 6.07) is 11.1. The molecule has 0 aliphatic carbocycles. The summed E-state index contributed by atoms with van der Waals surface area (Å²) in [6.45, 7) is 2.52. The molecule has 2 atom stereocenters. The Kier molecular flexibility index (Phi) is 4.41. The molecule has 1 N–H and O–H groups in total. The van der Waals surface area contributed by atoms with E-state index in [0.717, 1.165) is 17.7 Å². The highest BCUT2D eigenvalue weighted by atomic mass is 35.5. The molecule has 3 rings (SSSR count). The van der Waals surface area contributed by atoms with E-state index in [-0.39, 0.29) is 18.1 Å². The second-order valence-corrected chi connectivity index (χ2v) is 5.84. The lowest BCUT2D eigenvalue weighted by Crippen LogP contribution is -2.36. The van der Waals surface area contributed by atoms with E-state index >= 15 is 0 Å². The Labute approximate surface area is 134 Å². The summed E-state index contributed by atoms with van der Waals surface area (Å²) in [5.41, 5.74) is 2.47. The highest BCUT2D eigenvalue weighted by molar-refractivity contribution is 6.30. The Morgan fingerprint density at radius 3 is 2.73 bits per heavy atom. The molecule has 0 saturated carbocycles. The summed E-state index contributed by atoms with van der Waals surface area (Å²) < 4.78 is 5.77. The van der Waals surface area contributed by atoms with Gasteiger partial charge in [-0.15, -0.1) is 0 Å². The van der Waals surface area contributed by atoms with E-state index in [4.69, 9.17) is 16.3 Å². The topological polar surface area (TPSA) is 51.2 Å². The number of benzene rings is 1. The maximum absolute atomic E-state index is 12.3. The predicted molar refractivity (Wildman–Crippen MR) is 85.0 cm³/mol. The molecule has 0 bridgehead atoms. The molecule has 5 heteroatoms. The van der Waals surface area contributed by atoms with Crippen LogP contribution in [0.1, 0.15) is 34.1 Å². The zero-order chi connectivity index (χ0) is 15.5. The van der Waals surface area contributed by atoms with Crippen LogP contribution in [0.4, 0.5) is 0 Å². The number of nitrogens with zero attached hydrogens (tertiary/aromatic N) is 1. The van der Waals surface area contributed by atoms with Crippen molar-refractivity contribution in [2.24, 2.45) is 0 Å². The van der Waals surface area contributed by atoms with Crippen molar-refractivity contribution >= 4 is 17.5 Å². The number of hydrogen-bond donors (Lipinski definition) is 1. The standard InChI is InChI=1S/C17H17ClN2O2/c1-11-2-3-13(10-19-11)17(21)20-15-8-9-22-16(15)12-4-6-14(18)7-5-12/h2-7,10,15-16H,8-9H2,1H3,(H,20,21)/t15-,16-/m1/s1. The Bertz CT molecular complexity index is 655. The van der Waals surface area contributed by atoms with Gasteiger partial charge in [0.25, 0.3) is 5.91 Å². The molecule has 1 saturated heterocycles. The number of amides is 1. The van der Waals surface area contributed by atoms with Crippen LogP contribution >= 0.6 is 11.6 Å². The van der Waals surface area contributed by atoms with Gasteiger partial charge in [-0.1, -0.05) is 23.7 Å². The molecule has 1 aliphatic heterocycles. The number of halogens is 1. The van der Waals surface area contributed by atoms with Crippen LogP contribution in [0.15, 0.2) is 42.6 Å². The number of pyridine rings is 1. The average Bonchev–Trinajstić information content (AvgIpc) is 2.97. The van der Waals surface area contributed by atoms with E-state index in [9.17, 15) is 4.79 Å². The second kappa shape index (κ2) is 6.46. The van der Waals surface area contributed by atoms with E-state index in [1.807, 2.05) is 37.3 Å². The maximum atomic E-state index is 12.3. The number of rotatable bonds is 3. The van der Waals surface area contributed by atoms with Gasteiger partial charge in [0, 0.05) is 23.5 Å². The summed E-state index contributed by atoms with van der Waals surface area (Å²) in [5.74, 6) is -0.123. The van der Waals surface area contributed by atoms with Crippen molar-refractivity contribution < 1.29 is 9.53 Å². The van der Waals surface area contributed by atoms with E-state index < -0.39 is 0 Å². The quantitative estimate of drug-likeness (QED) is 0.945. The van der Waals surface area contributed by atoms with E-state index in [1.165, 1.54) is 0 Å². The third-order valence-corrected chi connectivity index (χ3v) is 4.03. The Morgan fingerprint density at radius 2 is 2.05 bits per heavy atom. The minimum absolute atomic E-state index is 0.0463. The van der Waals surface area contributed by atoms with E-state index in [1.54, 1.807) is 12.3 Å². The molecule has 0 unspecified atom stereocenters. The number of carbonyl (C=O) groups is 1. The van der Waals surface area contributed by atoms with Crippen molar-refractivity contribution in [1.82, 2.24) is 10.3 Å². The lowest BCUT2D eigenvalue weighted by Gasteiger charge is -2.20. The summed E-state index contributed by atoms with van der Waals surface area (Å²) in [7, 11) is 0. The van der Waals surface area contributed by atoms with Gasteiger partial charge >= 0.3 is 0 Å². The number of aromatic nitrogens is 1. The monoisotopic (exact) mass is 316 g/mol. The number of hydrogen-bond acceptors (Lipinski definition) is 3. The zero-order valence-electron chi connectivity index (χ0n) is 12.3. The molecule has 1 amide bonds. The van der Waals surface area contributed by atoms with Gasteiger partial charge in [-0.3, -0.25) is 9.78 Å². The van der Waals surface area contributed by atoms with E-state index in [2.05, 4.69) is 10.3 Å². The van der Waals surface area contributed by atoms with Gasteiger partial charge in [0.15, 0.2) is 0 Å². The normalized spacial score (nSPS) is 20.8. The van der Waals surface area contributed by atoms with Gasteiger partial charge in [0.2, 0.25) is 0 Å². The van der Waals surface area contributed by atoms with Crippen molar-refractivity contribution in [3.63, 3.8) is 0 Å². The number of aryl methyl sites for hydroxylation is 1. The highest BCUT2D eigenvalue weighted by Crippen LogP contribution is 2.30. The number of ether oxygens (including phenoxy) is 1. The van der Waals surface area contributed by atoms with Crippen LogP contribution < -0.4 is 5.32 Å². The molecule has 0 spiro atoms. The summed E-state index contributed by atoms with van der Waals surface area (Å²) >= 11 is 5.91. The number of carbonyl (C=O) groups excluding carboxylic acids is 1. The Balaban J connectivity index is 1.72. The SMILES string of the molecule is Cc1ccc(C(=O)N[C@@H]2CCO[C@@H]2c2ccc(Cl)cc2)cn1. The predicted octanol–water partition coefficient (Wildman–Crippen LogP) is 3.30. The van der Waals surface area contributed by atoms with Crippen LogP contribution in [0, 0.1) is 6.92 Å². The van der Waals surface area contributed by atoms with Gasteiger partial charge in [0.05, 0.1) is 11.6 Å². The van der Waals surface area contributed by atoms with Crippen LogP contribution in [-0.4, -0.2) is 23.5 Å². The second-order valence-electron chi connectivity index (χ2n) is 5.40. The van der Waals surface area contributed by atoms with Crippen LogP contribution in [-0.2, 0) is 4.74 Å². The van der Waals surface area contributed by atoms with Crippen molar-refractivity contribution in [3.8, 4) is 0 Å². The van der Waals surface area contributed by atoms with Crippen molar-refractivity contribution in [3.05, 3.63) is 64.4 Å². The van der Waals surface area contributed by atoms with Gasteiger partial charge < -0.3 is 10.1 Å². The minimum atomic E-state index is -0.139. The van der Waals surface area contributed by atoms with Crippen LogP contribution in [0.2, 0.25) is 5.02 Å². The Morgan fingerprint density at radius 1 is 1.27 bits per heavy atom. The van der Waals surface area contributed by atoms with Gasteiger partial charge in [-0.25, -0.2) is 0 Å². The first kappa shape index (κ1) is 15.0. The fourth-order valence-electron chi connectivity index (χ4n) is 2.57. The molecule has 114 valence electrons.